The molecule has 2 heterocycles. The quantitative estimate of drug-likeness (QED) is 0.662. The zero-order valence-electron chi connectivity index (χ0n) is 13.1. The number of hydrogen-bond donors (Lipinski definition) is 1. The molecule has 0 aliphatic heterocycles. The highest BCUT2D eigenvalue weighted by Gasteiger charge is 2.15. The summed E-state index contributed by atoms with van der Waals surface area (Å²) >= 11 is 2.42. The highest BCUT2D eigenvalue weighted by Crippen LogP contribution is 2.30. The second kappa shape index (κ2) is 7.83. The number of para-hydroxylation sites is 1. The average molecular weight is 372 g/mol. The Labute approximate surface area is 151 Å². The second-order valence-corrected chi connectivity index (χ2v) is 6.53. The minimum absolute atomic E-state index is 0.0936. The Kier molecular flexibility index (Phi) is 5.33. The van der Waals surface area contributed by atoms with Gasteiger partial charge in [0.2, 0.25) is 5.91 Å². The number of rotatable bonds is 6. The maximum absolute atomic E-state index is 12.0. The number of thioether (sulfide) groups is 1. The van der Waals surface area contributed by atoms with E-state index in [1.54, 1.807) is 24.6 Å². The van der Waals surface area contributed by atoms with Crippen LogP contribution in [0, 0.1) is 11.3 Å². The first-order chi connectivity index (χ1) is 12.2. The van der Waals surface area contributed by atoms with Crippen molar-refractivity contribution in [1.29, 1.82) is 5.26 Å². The highest BCUT2D eigenvalue weighted by atomic mass is 32.2. The van der Waals surface area contributed by atoms with E-state index in [1.165, 1.54) is 11.3 Å². The number of amides is 1. The van der Waals surface area contributed by atoms with Crippen molar-refractivity contribution in [3.8, 4) is 23.3 Å². The van der Waals surface area contributed by atoms with Crippen LogP contribution in [0.15, 0.2) is 45.4 Å². The predicted octanol–water partition coefficient (Wildman–Crippen LogP) is 3.41. The largest absolute Gasteiger partial charge is 0.496 e. The van der Waals surface area contributed by atoms with Crippen molar-refractivity contribution >= 4 is 34.0 Å². The molecular formula is C16H12N4O3S2. The third-order valence-corrected chi connectivity index (χ3v) is 4.76. The first-order valence-corrected chi connectivity index (χ1v) is 8.95. The number of ether oxygens (including phenoxy) is 1. The number of aromatic nitrogens is 2. The van der Waals surface area contributed by atoms with E-state index >= 15 is 0 Å². The summed E-state index contributed by atoms with van der Waals surface area (Å²) in [6.45, 7) is 0. The van der Waals surface area contributed by atoms with Crippen LogP contribution in [0.25, 0.3) is 11.5 Å². The fourth-order valence-electron chi connectivity index (χ4n) is 1.98. The molecule has 0 saturated carbocycles. The molecule has 1 N–H and O–H groups in total. The number of hydrogen-bond acceptors (Lipinski definition) is 8. The van der Waals surface area contributed by atoms with E-state index in [4.69, 9.17) is 14.4 Å². The van der Waals surface area contributed by atoms with Crippen LogP contribution in [0.2, 0.25) is 0 Å². The maximum Gasteiger partial charge on any atom is 0.277 e. The number of benzene rings is 1. The van der Waals surface area contributed by atoms with E-state index in [0.717, 1.165) is 11.8 Å². The van der Waals surface area contributed by atoms with Gasteiger partial charge in [-0.25, -0.2) is 0 Å². The van der Waals surface area contributed by atoms with Crippen LogP contribution in [-0.4, -0.2) is 29.0 Å². The van der Waals surface area contributed by atoms with E-state index < -0.39 is 0 Å². The molecule has 126 valence electrons. The Balaban J connectivity index is 1.62. The van der Waals surface area contributed by atoms with Gasteiger partial charge < -0.3 is 14.5 Å². The van der Waals surface area contributed by atoms with Crippen LogP contribution in [-0.2, 0) is 4.79 Å². The van der Waals surface area contributed by atoms with Crippen LogP contribution >= 0.6 is 23.1 Å². The van der Waals surface area contributed by atoms with Gasteiger partial charge in [0.05, 0.1) is 24.0 Å². The van der Waals surface area contributed by atoms with Crippen LogP contribution in [0.3, 0.4) is 0 Å². The van der Waals surface area contributed by atoms with Gasteiger partial charge in [0.15, 0.2) is 0 Å². The van der Waals surface area contributed by atoms with E-state index in [9.17, 15) is 4.79 Å². The van der Waals surface area contributed by atoms with Crippen molar-refractivity contribution in [3.05, 3.63) is 41.3 Å². The molecule has 3 aromatic rings. The number of nitrogens with one attached hydrogen (secondary N) is 1. The standard InChI is InChI=1S/C16H12N4O3S2/c1-22-12-5-3-2-4-11(12)14-19-20-16(23-14)25-9-13(21)18-15-10(8-17)6-7-24-15/h2-7H,9H2,1H3,(H,18,21). The molecule has 0 unspecified atom stereocenters. The molecule has 9 heteroatoms. The molecule has 0 fully saturated rings. The molecule has 1 amide bonds. The van der Waals surface area contributed by atoms with Crippen LogP contribution in [0.1, 0.15) is 5.56 Å². The Hall–Kier alpha value is -2.83. The molecular weight excluding hydrogens is 360 g/mol. The number of carbonyl (C=O) groups excluding carboxylic acids is 1. The molecule has 0 atom stereocenters. The lowest BCUT2D eigenvalue weighted by molar-refractivity contribution is -0.113. The minimum Gasteiger partial charge on any atom is -0.496 e. The Morgan fingerprint density at radius 2 is 2.24 bits per heavy atom. The number of thiophene rings is 1. The lowest BCUT2D eigenvalue weighted by atomic mass is 10.2. The Morgan fingerprint density at radius 1 is 1.40 bits per heavy atom. The van der Waals surface area contributed by atoms with Gasteiger partial charge in [0, 0.05) is 0 Å². The normalized spacial score (nSPS) is 10.2. The summed E-state index contributed by atoms with van der Waals surface area (Å²) in [7, 11) is 1.56. The topological polar surface area (TPSA) is 101 Å². The number of nitrogens with zero attached hydrogens (tertiary/aromatic N) is 3. The van der Waals surface area contributed by atoms with Gasteiger partial charge in [-0.15, -0.1) is 21.5 Å². The van der Waals surface area contributed by atoms with Crippen LogP contribution in [0.5, 0.6) is 5.75 Å². The van der Waals surface area contributed by atoms with Crippen LogP contribution < -0.4 is 10.1 Å². The van der Waals surface area contributed by atoms with E-state index in [0.29, 0.717) is 27.8 Å². The fourth-order valence-corrected chi connectivity index (χ4v) is 3.30. The van der Waals surface area contributed by atoms with Crippen molar-refractivity contribution in [3.63, 3.8) is 0 Å². The maximum atomic E-state index is 12.0. The molecule has 0 spiro atoms. The van der Waals surface area contributed by atoms with Crippen molar-refractivity contribution in [2.45, 2.75) is 5.22 Å². The molecule has 3 rings (SSSR count). The molecule has 1 aromatic carbocycles. The number of methoxy groups -OCH3 is 1. The number of nitriles is 1. The molecule has 0 aliphatic rings. The molecule has 0 saturated heterocycles. The van der Waals surface area contributed by atoms with E-state index in [1.807, 2.05) is 24.3 Å². The Bertz CT molecular complexity index is 929. The lowest BCUT2D eigenvalue weighted by Crippen LogP contribution is -2.13. The molecule has 7 nitrogen and oxygen atoms in total. The van der Waals surface area contributed by atoms with Gasteiger partial charge >= 0.3 is 0 Å². The Morgan fingerprint density at radius 3 is 3.04 bits per heavy atom. The molecule has 25 heavy (non-hydrogen) atoms. The van der Waals surface area contributed by atoms with Gasteiger partial charge in [-0.1, -0.05) is 23.9 Å². The zero-order chi connectivity index (χ0) is 17.6. The molecule has 0 aliphatic carbocycles. The summed E-state index contributed by atoms with van der Waals surface area (Å²) < 4.78 is 10.8. The van der Waals surface area contributed by atoms with Gasteiger partial charge in [-0.2, -0.15) is 5.26 Å². The van der Waals surface area contributed by atoms with Crippen LogP contribution in [0.4, 0.5) is 5.00 Å². The van der Waals surface area contributed by atoms with Crippen molar-refractivity contribution < 1.29 is 13.9 Å². The SMILES string of the molecule is COc1ccccc1-c1nnc(SCC(=O)Nc2sccc2C#N)o1. The molecule has 2 aromatic heterocycles. The molecule has 0 bridgehead atoms. The van der Waals surface area contributed by atoms with Gasteiger partial charge in [0.25, 0.3) is 11.1 Å². The highest BCUT2D eigenvalue weighted by molar-refractivity contribution is 7.99. The summed E-state index contributed by atoms with van der Waals surface area (Å²) in [5.74, 6) is 0.796. The van der Waals surface area contributed by atoms with Gasteiger partial charge in [-0.3, -0.25) is 4.79 Å². The first-order valence-electron chi connectivity index (χ1n) is 7.08. The summed E-state index contributed by atoms with van der Waals surface area (Å²) in [4.78, 5) is 12.0. The van der Waals surface area contributed by atoms with Gasteiger partial charge in [-0.05, 0) is 23.6 Å². The third kappa shape index (κ3) is 3.99. The monoisotopic (exact) mass is 372 g/mol. The zero-order valence-corrected chi connectivity index (χ0v) is 14.7. The van der Waals surface area contributed by atoms with Crippen molar-refractivity contribution in [2.24, 2.45) is 0 Å². The van der Waals surface area contributed by atoms with Crippen molar-refractivity contribution in [2.75, 3.05) is 18.2 Å². The summed E-state index contributed by atoms with van der Waals surface area (Å²) in [5, 5.41) is 22.1. The molecule has 0 radical (unpaired) electrons. The van der Waals surface area contributed by atoms with E-state index in [-0.39, 0.29) is 16.9 Å². The summed E-state index contributed by atoms with van der Waals surface area (Å²) in [6.07, 6.45) is 0. The predicted molar refractivity (Wildman–Crippen MR) is 94.7 cm³/mol. The average Bonchev–Trinajstić information content (AvgIpc) is 3.29. The summed E-state index contributed by atoms with van der Waals surface area (Å²) in [6, 6.07) is 11.0. The third-order valence-electron chi connectivity index (χ3n) is 3.11. The lowest BCUT2D eigenvalue weighted by Gasteiger charge is -2.03. The minimum atomic E-state index is -0.249. The smallest absolute Gasteiger partial charge is 0.277 e. The number of anilines is 1. The summed E-state index contributed by atoms with van der Waals surface area (Å²) in [5.41, 5.74) is 1.13. The second-order valence-electron chi connectivity index (χ2n) is 4.69. The fraction of sp³-hybridized carbons (Fsp3) is 0.125. The van der Waals surface area contributed by atoms with E-state index in [2.05, 4.69) is 15.5 Å². The van der Waals surface area contributed by atoms with Crippen molar-refractivity contribution in [1.82, 2.24) is 10.2 Å². The number of carbonyl (C=O) groups is 1. The van der Waals surface area contributed by atoms with Gasteiger partial charge in [0.1, 0.15) is 16.8 Å². The first kappa shape index (κ1) is 17.0.